The molecule has 0 saturated carbocycles. The maximum absolute atomic E-state index is 9.09. The number of anilines is 1. The number of aromatic nitrogens is 1. The molecule has 2 N–H and O–H groups in total. The number of hydrogen-bond acceptors (Lipinski definition) is 4. The van der Waals surface area contributed by atoms with Crippen LogP contribution in [0.25, 0.3) is 16.9 Å². The van der Waals surface area contributed by atoms with Gasteiger partial charge in [-0.25, -0.2) is 0 Å². The molecule has 6 heteroatoms. The quantitative estimate of drug-likeness (QED) is 0.571. The lowest BCUT2D eigenvalue weighted by atomic mass is 10.1. The summed E-state index contributed by atoms with van der Waals surface area (Å²) in [6.45, 7) is 0.625. The van der Waals surface area contributed by atoms with E-state index in [0.29, 0.717) is 6.54 Å². The van der Waals surface area contributed by atoms with Gasteiger partial charge in [-0.15, -0.1) is 0 Å². The third-order valence-corrected chi connectivity index (χ3v) is 4.41. The van der Waals surface area contributed by atoms with E-state index in [1.54, 1.807) is 18.4 Å². The molecule has 0 aliphatic heterocycles. The minimum absolute atomic E-state index is 0. The van der Waals surface area contributed by atoms with E-state index < -0.39 is 0 Å². The molecule has 0 amide bonds. The van der Waals surface area contributed by atoms with Gasteiger partial charge in [0.1, 0.15) is 18.0 Å². The van der Waals surface area contributed by atoms with Gasteiger partial charge in [-0.2, -0.15) is 4.57 Å². The maximum Gasteiger partial charge on any atom is 0.339 e. The highest BCUT2D eigenvalue weighted by Gasteiger charge is 2.20. The number of aliphatic hydroxyl groups is 1. The lowest BCUT2D eigenvalue weighted by Crippen LogP contribution is -3.00. The summed E-state index contributed by atoms with van der Waals surface area (Å²) in [5.74, 6) is 0.842. The predicted octanol–water partition coefficient (Wildman–Crippen LogP) is 0.109. The van der Waals surface area contributed by atoms with Crippen LogP contribution in [0, 0.1) is 0 Å². The van der Waals surface area contributed by atoms with Gasteiger partial charge in [0, 0.05) is 10.9 Å². The van der Waals surface area contributed by atoms with Gasteiger partial charge in [-0.3, -0.25) is 5.32 Å². The molecule has 3 aromatic rings. The average molecular weight is 407 g/mol. The molecular weight excluding hydrogens is 388 g/mol. The highest BCUT2D eigenvalue weighted by atomic mass is 79.9. The SMILES string of the molecule is COc1ccc(-c2csc(NCCO)[n+]2-c2ccccc2)cc1.[Br-]. The van der Waals surface area contributed by atoms with Crippen molar-refractivity contribution >= 4 is 16.5 Å². The standard InChI is InChI=1S/C18H18N2O2S.BrH/c1-22-16-9-7-14(8-10-16)17-13-23-18(19-11-12-21)20(17)15-5-3-2-4-6-15;/h2-10,13,21H,11-12H2,1H3;1H. The molecule has 0 atom stereocenters. The maximum atomic E-state index is 9.09. The van der Waals surface area contributed by atoms with E-state index in [9.17, 15) is 0 Å². The summed E-state index contributed by atoms with van der Waals surface area (Å²) < 4.78 is 7.40. The number of benzene rings is 2. The van der Waals surface area contributed by atoms with Crippen molar-refractivity contribution in [3.63, 3.8) is 0 Å². The van der Waals surface area contributed by atoms with E-state index in [1.165, 1.54) is 0 Å². The topological polar surface area (TPSA) is 45.4 Å². The third-order valence-electron chi connectivity index (χ3n) is 3.51. The molecule has 0 fully saturated rings. The first-order valence-corrected chi connectivity index (χ1v) is 8.29. The van der Waals surface area contributed by atoms with Gasteiger partial charge in [-0.1, -0.05) is 29.5 Å². The molecule has 0 saturated heterocycles. The van der Waals surface area contributed by atoms with Gasteiger partial charge in [0.25, 0.3) is 0 Å². The van der Waals surface area contributed by atoms with Crippen LogP contribution < -0.4 is 31.6 Å². The Bertz CT molecular complexity index is 760. The Morgan fingerprint density at radius 1 is 1.08 bits per heavy atom. The fourth-order valence-corrected chi connectivity index (χ4v) is 3.36. The zero-order chi connectivity index (χ0) is 16.1. The van der Waals surface area contributed by atoms with Crippen molar-refractivity contribution < 1.29 is 31.4 Å². The Balaban J connectivity index is 0.00000208. The number of halogens is 1. The Morgan fingerprint density at radius 2 is 1.79 bits per heavy atom. The fraction of sp³-hybridized carbons (Fsp3) is 0.167. The third kappa shape index (κ3) is 3.95. The second-order valence-corrected chi connectivity index (χ2v) is 5.83. The van der Waals surface area contributed by atoms with Crippen LogP contribution >= 0.6 is 11.3 Å². The molecule has 2 aromatic carbocycles. The summed E-state index contributed by atoms with van der Waals surface area (Å²) in [7, 11) is 1.67. The van der Waals surface area contributed by atoms with E-state index in [0.717, 1.165) is 27.8 Å². The number of thiazole rings is 1. The van der Waals surface area contributed by atoms with Crippen LogP contribution in [0.5, 0.6) is 5.75 Å². The molecule has 3 rings (SSSR count). The van der Waals surface area contributed by atoms with Gasteiger partial charge in [-0.05, 0) is 36.4 Å². The van der Waals surface area contributed by atoms with Crippen LogP contribution in [0.4, 0.5) is 5.13 Å². The van der Waals surface area contributed by atoms with Gasteiger partial charge in [0.05, 0.1) is 13.7 Å². The highest BCUT2D eigenvalue weighted by molar-refractivity contribution is 7.13. The van der Waals surface area contributed by atoms with Gasteiger partial charge < -0.3 is 26.8 Å². The van der Waals surface area contributed by atoms with Crippen LogP contribution in [0.1, 0.15) is 0 Å². The summed E-state index contributed by atoms with van der Waals surface area (Å²) in [5.41, 5.74) is 3.30. The molecule has 126 valence electrons. The molecule has 0 unspecified atom stereocenters. The Labute approximate surface area is 156 Å². The molecule has 1 aromatic heterocycles. The Kier molecular flexibility index (Phi) is 6.78. The van der Waals surface area contributed by atoms with E-state index in [2.05, 4.69) is 39.5 Å². The molecule has 0 bridgehead atoms. The van der Waals surface area contributed by atoms with Crippen LogP contribution in [-0.4, -0.2) is 25.4 Å². The van der Waals surface area contributed by atoms with E-state index in [1.807, 2.05) is 30.3 Å². The lowest BCUT2D eigenvalue weighted by molar-refractivity contribution is -0.564. The van der Waals surface area contributed by atoms with Crippen LogP contribution in [0.2, 0.25) is 0 Å². The number of hydrogen-bond donors (Lipinski definition) is 2. The smallest absolute Gasteiger partial charge is 0.339 e. The van der Waals surface area contributed by atoms with Gasteiger partial charge in [0.15, 0.2) is 5.69 Å². The number of para-hydroxylation sites is 1. The van der Waals surface area contributed by atoms with Gasteiger partial charge in [0.2, 0.25) is 0 Å². The van der Waals surface area contributed by atoms with Crippen molar-refractivity contribution in [1.82, 2.24) is 0 Å². The Morgan fingerprint density at radius 3 is 2.42 bits per heavy atom. The molecule has 0 aliphatic carbocycles. The summed E-state index contributed by atoms with van der Waals surface area (Å²) in [4.78, 5) is 0. The molecule has 24 heavy (non-hydrogen) atoms. The molecule has 0 radical (unpaired) electrons. The Hall–Kier alpha value is -1.89. The van der Waals surface area contributed by atoms with Crippen molar-refractivity contribution in [2.45, 2.75) is 0 Å². The van der Waals surface area contributed by atoms with Gasteiger partial charge >= 0.3 is 5.13 Å². The molecule has 1 heterocycles. The zero-order valence-electron chi connectivity index (χ0n) is 13.3. The van der Waals surface area contributed by atoms with Crippen molar-refractivity contribution in [3.8, 4) is 22.7 Å². The number of methoxy groups -OCH3 is 1. The van der Waals surface area contributed by atoms with Crippen LogP contribution in [-0.2, 0) is 0 Å². The largest absolute Gasteiger partial charge is 1.00 e. The van der Waals surface area contributed by atoms with E-state index >= 15 is 0 Å². The van der Waals surface area contributed by atoms with Crippen molar-refractivity contribution in [2.24, 2.45) is 0 Å². The predicted molar refractivity (Wildman–Crippen MR) is 93.4 cm³/mol. The average Bonchev–Trinajstić information content (AvgIpc) is 3.04. The second kappa shape index (κ2) is 8.82. The highest BCUT2D eigenvalue weighted by Crippen LogP contribution is 2.26. The number of rotatable bonds is 6. The lowest BCUT2D eigenvalue weighted by Gasteiger charge is -2.06. The summed E-state index contributed by atoms with van der Waals surface area (Å²) in [6.07, 6.45) is 0. The molecular formula is C18H19BrN2O2S. The van der Waals surface area contributed by atoms with Crippen LogP contribution in [0.15, 0.2) is 60.0 Å². The minimum atomic E-state index is 0. The second-order valence-electron chi connectivity index (χ2n) is 4.98. The monoisotopic (exact) mass is 406 g/mol. The summed E-state index contributed by atoms with van der Waals surface area (Å²) in [5, 5.41) is 15.5. The number of nitrogens with zero attached hydrogens (tertiary/aromatic N) is 1. The first-order chi connectivity index (χ1) is 11.3. The fourth-order valence-electron chi connectivity index (χ4n) is 2.40. The summed E-state index contributed by atoms with van der Waals surface area (Å²) in [6, 6.07) is 18.2. The number of nitrogens with one attached hydrogen (secondary N) is 1. The molecule has 0 aliphatic rings. The van der Waals surface area contributed by atoms with Crippen molar-refractivity contribution in [2.75, 3.05) is 25.6 Å². The summed E-state index contributed by atoms with van der Waals surface area (Å²) >= 11 is 1.63. The number of ether oxygens (including phenoxy) is 1. The van der Waals surface area contributed by atoms with Crippen molar-refractivity contribution in [3.05, 3.63) is 60.0 Å². The first-order valence-electron chi connectivity index (χ1n) is 7.41. The normalized spacial score (nSPS) is 10.1. The zero-order valence-corrected chi connectivity index (χ0v) is 15.7. The van der Waals surface area contributed by atoms with Crippen LogP contribution in [0.3, 0.4) is 0 Å². The van der Waals surface area contributed by atoms with Crippen molar-refractivity contribution in [1.29, 1.82) is 0 Å². The molecule has 4 nitrogen and oxygen atoms in total. The minimum Gasteiger partial charge on any atom is -1.00 e. The first kappa shape index (κ1) is 18.4. The van der Waals surface area contributed by atoms with E-state index in [4.69, 9.17) is 9.84 Å². The number of aliphatic hydroxyl groups excluding tert-OH is 1. The molecule has 0 spiro atoms. The van der Waals surface area contributed by atoms with E-state index in [-0.39, 0.29) is 23.6 Å².